The van der Waals surface area contributed by atoms with E-state index in [0.717, 1.165) is 28.2 Å². The first kappa shape index (κ1) is 18.9. The molecule has 0 unspecified atom stereocenters. The van der Waals surface area contributed by atoms with E-state index >= 15 is 0 Å². The number of nitrogens with zero attached hydrogens (tertiary/aromatic N) is 2. The topological polar surface area (TPSA) is 46.9 Å². The molecule has 3 rings (SSSR count). The van der Waals surface area contributed by atoms with Gasteiger partial charge in [0.05, 0.1) is 23.5 Å². The number of carbonyl (C=O) groups excluding carboxylic acids is 1. The van der Waals surface area contributed by atoms with Crippen molar-refractivity contribution >= 4 is 23.6 Å². The molecule has 0 fully saturated rings. The predicted octanol–water partition coefficient (Wildman–Crippen LogP) is 4.90. The van der Waals surface area contributed by atoms with Crippen molar-refractivity contribution in [3.8, 4) is 16.9 Å². The molecule has 0 saturated carbocycles. The standard InChI is InChI=1S/C22H22ClN3O/c1-4-16-8-10-17(11-9-16)21-13-20(14-22(27)24-15(2)3)26(25-21)19-7-5-6-18(23)12-19/h4-13,15H,1,14H2,2-3H3,(H,24,27). The minimum atomic E-state index is -0.0401. The number of hydrogen-bond acceptors (Lipinski definition) is 2. The maximum Gasteiger partial charge on any atom is 0.226 e. The number of aromatic nitrogens is 2. The van der Waals surface area contributed by atoms with E-state index in [0.29, 0.717) is 5.02 Å². The molecule has 5 heteroatoms. The lowest BCUT2D eigenvalue weighted by Gasteiger charge is -2.10. The van der Waals surface area contributed by atoms with Crippen LogP contribution in [0.3, 0.4) is 0 Å². The van der Waals surface area contributed by atoms with Gasteiger partial charge in [-0.05, 0) is 43.7 Å². The lowest BCUT2D eigenvalue weighted by Crippen LogP contribution is -2.31. The van der Waals surface area contributed by atoms with Gasteiger partial charge in [0.2, 0.25) is 5.91 Å². The lowest BCUT2D eigenvalue weighted by atomic mass is 10.1. The Bertz CT molecular complexity index is 958. The van der Waals surface area contributed by atoms with Crippen molar-refractivity contribution in [2.75, 3.05) is 0 Å². The normalized spacial score (nSPS) is 10.8. The second-order valence-electron chi connectivity index (χ2n) is 6.64. The Balaban J connectivity index is 2.02. The minimum absolute atomic E-state index is 0.0401. The minimum Gasteiger partial charge on any atom is -0.354 e. The van der Waals surface area contributed by atoms with Crippen molar-refractivity contribution in [1.29, 1.82) is 0 Å². The summed E-state index contributed by atoms with van der Waals surface area (Å²) in [5, 5.41) is 8.28. The van der Waals surface area contributed by atoms with E-state index in [4.69, 9.17) is 16.7 Å². The second kappa shape index (κ2) is 8.23. The highest BCUT2D eigenvalue weighted by atomic mass is 35.5. The molecule has 0 saturated heterocycles. The molecule has 2 aromatic carbocycles. The zero-order valence-electron chi connectivity index (χ0n) is 15.4. The summed E-state index contributed by atoms with van der Waals surface area (Å²) in [6.45, 7) is 7.67. The maximum absolute atomic E-state index is 12.3. The summed E-state index contributed by atoms with van der Waals surface area (Å²) in [6, 6.07) is 17.5. The zero-order chi connectivity index (χ0) is 19.4. The van der Waals surface area contributed by atoms with Gasteiger partial charge in [-0.2, -0.15) is 5.10 Å². The number of nitrogens with one attached hydrogen (secondary N) is 1. The molecule has 1 amide bonds. The van der Waals surface area contributed by atoms with Crippen LogP contribution in [-0.2, 0) is 11.2 Å². The van der Waals surface area contributed by atoms with E-state index in [1.807, 2.05) is 68.4 Å². The first-order valence-corrected chi connectivity index (χ1v) is 9.21. The molecule has 0 aliphatic carbocycles. The van der Waals surface area contributed by atoms with Crippen LogP contribution in [0.4, 0.5) is 0 Å². The Morgan fingerprint density at radius 2 is 1.96 bits per heavy atom. The van der Waals surface area contributed by atoms with Crippen molar-refractivity contribution in [3.05, 3.63) is 77.5 Å². The summed E-state index contributed by atoms with van der Waals surface area (Å²) in [4.78, 5) is 12.3. The Morgan fingerprint density at radius 1 is 1.22 bits per heavy atom. The van der Waals surface area contributed by atoms with Crippen LogP contribution in [0.5, 0.6) is 0 Å². The van der Waals surface area contributed by atoms with Crippen LogP contribution >= 0.6 is 11.6 Å². The van der Waals surface area contributed by atoms with E-state index < -0.39 is 0 Å². The van der Waals surface area contributed by atoms with E-state index in [1.165, 1.54) is 0 Å². The van der Waals surface area contributed by atoms with Crippen LogP contribution < -0.4 is 5.32 Å². The largest absolute Gasteiger partial charge is 0.354 e. The predicted molar refractivity (Wildman–Crippen MR) is 111 cm³/mol. The fraction of sp³-hybridized carbons (Fsp3) is 0.182. The number of halogens is 1. The average molecular weight is 380 g/mol. The first-order chi connectivity index (χ1) is 13.0. The quantitative estimate of drug-likeness (QED) is 0.661. The highest BCUT2D eigenvalue weighted by Crippen LogP contribution is 2.24. The average Bonchev–Trinajstić information content (AvgIpc) is 3.04. The van der Waals surface area contributed by atoms with Crippen LogP contribution in [0.25, 0.3) is 23.0 Å². The van der Waals surface area contributed by atoms with Gasteiger partial charge in [-0.25, -0.2) is 4.68 Å². The highest BCUT2D eigenvalue weighted by molar-refractivity contribution is 6.30. The van der Waals surface area contributed by atoms with E-state index in [-0.39, 0.29) is 18.4 Å². The van der Waals surface area contributed by atoms with Gasteiger partial charge in [0, 0.05) is 16.6 Å². The van der Waals surface area contributed by atoms with Gasteiger partial charge in [-0.15, -0.1) is 0 Å². The van der Waals surface area contributed by atoms with Gasteiger partial charge in [-0.1, -0.05) is 54.6 Å². The Hall–Kier alpha value is -2.85. The summed E-state index contributed by atoms with van der Waals surface area (Å²) in [5.74, 6) is -0.0401. The molecule has 0 atom stereocenters. The number of benzene rings is 2. The first-order valence-electron chi connectivity index (χ1n) is 8.83. The molecule has 1 N–H and O–H groups in total. The molecule has 0 aliphatic rings. The van der Waals surface area contributed by atoms with Gasteiger partial charge in [0.1, 0.15) is 0 Å². The van der Waals surface area contributed by atoms with Crippen LogP contribution in [0.2, 0.25) is 5.02 Å². The van der Waals surface area contributed by atoms with Crippen LogP contribution in [0, 0.1) is 0 Å². The van der Waals surface area contributed by atoms with E-state index in [1.54, 1.807) is 10.8 Å². The summed E-state index contributed by atoms with van der Waals surface area (Å²) in [6.07, 6.45) is 2.04. The Kier molecular flexibility index (Phi) is 5.77. The summed E-state index contributed by atoms with van der Waals surface area (Å²) < 4.78 is 1.78. The van der Waals surface area contributed by atoms with Gasteiger partial charge >= 0.3 is 0 Å². The van der Waals surface area contributed by atoms with Crippen molar-refractivity contribution in [2.45, 2.75) is 26.3 Å². The van der Waals surface area contributed by atoms with Gasteiger partial charge in [0.25, 0.3) is 0 Å². The number of hydrogen-bond donors (Lipinski definition) is 1. The number of amides is 1. The van der Waals surface area contributed by atoms with E-state index in [9.17, 15) is 4.79 Å². The Labute approximate surface area is 164 Å². The number of rotatable bonds is 6. The van der Waals surface area contributed by atoms with Crippen LogP contribution in [0.15, 0.2) is 61.2 Å². The van der Waals surface area contributed by atoms with E-state index in [2.05, 4.69) is 11.9 Å². The lowest BCUT2D eigenvalue weighted by molar-refractivity contribution is -0.121. The molecule has 0 radical (unpaired) electrons. The highest BCUT2D eigenvalue weighted by Gasteiger charge is 2.15. The fourth-order valence-corrected chi connectivity index (χ4v) is 3.03. The molecule has 4 nitrogen and oxygen atoms in total. The molecule has 1 heterocycles. The molecular formula is C22H22ClN3O. The molecule has 0 aliphatic heterocycles. The van der Waals surface area contributed by atoms with Crippen LogP contribution in [0.1, 0.15) is 25.1 Å². The number of carbonyl (C=O) groups is 1. The van der Waals surface area contributed by atoms with Crippen LogP contribution in [-0.4, -0.2) is 21.7 Å². The summed E-state index contributed by atoms with van der Waals surface area (Å²) in [7, 11) is 0. The fourth-order valence-electron chi connectivity index (χ4n) is 2.85. The third kappa shape index (κ3) is 4.66. The van der Waals surface area contributed by atoms with Gasteiger partial charge in [0.15, 0.2) is 0 Å². The zero-order valence-corrected chi connectivity index (χ0v) is 16.2. The van der Waals surface area contributed by atoms with Gasteiger partial charge in [-0.3, -0.25) is 4.79 Å². The molecular weight excluding hydrogens is 358 g/mol. The molecule has 27 heavy (non-hydrogen) atoms. The molecule has 1 aromatic heterocycles. The van der Waals surface area contributed by atoms with Gasteiger partial charge < -0.3 is 5.32 Å². The van der Waals surface area contributed by atoms with Crippen molar-refractivity contribution in [1.82, 2.24) is 15.1 Å². The molecule has 3 aromatic rings. The van der Waals surface area contributed by atoms with Crippen molar-refractivity contribution in [3.63, 3.8) is 0 Å². The molecule has 0 spiro atoms. The van der Waals surface area contributed by atoms with Crippen molar-refractivity contribution < 1.29 is 4.79 Å². The van der Waals surface area contributed by atoms with Crippen molar-refractivity contribution in [2.24, 2.45) is 0 Å². The molecule has 138 valence electrons. The summed E-state index contributed by atoms with van der Waals surface area (Å²) >= 11 is 6.15. The third-order valence-electron chi connectivity index (χ3n) is 4.07. The smallest absolute Gasteiger partial charge is 0.226 e. The monoisotopic (exact) mass is 379 g/mol. The second-order valence-corrected chi connectivity index (χ2v) is 7.07. The Morgan fingerprint density at radius 3 is 2.59 bits per heavy atom. The summed E-state index contributed by atoms with van der Waals surface area (Å²) in [5.41, 5.74) is 4.46. The SMILES string of the molecule is C=Cc1ccc(-c2cc(CC(=O)NC(C)C)n(-c3cccc(Cl)c3)n2)cc1. The molecule has 0 bridgehead atoms. The third-order valence-corrected chi connectivity index (χ3v) is 4.30. The maximum atomic E-state index is 12.3.